The van der Waals surface area contributed by atoms with E-state index < -0.39 is 0 Å². The summed E-state index contributed by atoms with van der Waals surface area (Å²) in [7, 11) is 1.61. The van der Waals surface area contributed by atoms with Crippen LogP contribution in [0.1, 0.15) is 5.69 Å². The van der Waals surface area contributed by atoms with E-state index in [9.17, 15) is 0 Å². The molecule has 0 fully saturated rings. The second-order valence-corrected chi connectivity index (χ2v) is 3.48. The van der Waals surface area contributed by atoms with Crippen LogP contribution < -0.4 is 10.5 Å². The molecule has 0 saturated heterocycles. The summed E-state index contributed by atoms with van der Waals surface area (Å²) in [6.07, 6.45) is 1.73. The lowest BCUT2D eigenvalue weighted by atomic mass is 10.1. The van der Waals surface area contributed by atoms with E-state index in [4.69, 9.17) is 10.5 Å². The van der Waals surface area contributed by atoms with E-state index in [1.165, 1.54) is 0 Å². The van der Waals surface area contributed by atoms with Crippen molar-refractivity contribution in [2.45, 2.75) is 6.92 Å². The van der Waals surface area contributed by atoms with Crippen LogP contribution in [-0.2, 0) is 0 Å². The molecule has 0 bridgehead atoms. The molecule has 0 aliphatic heterocycles. The van der Waals surface area contributed by atoms with Gasteiger partial charge in [-0.1, -0.05) is 0 Å². The van der Waals surface area contributed by atoms with Crippen molar-refractivity contribution in [3.8, 4) is 17.1 Å². The number of benzene rings is 1. The van der Waals surface area contributed by atoms with Gasteiger partial charge in [0.1, 0.15) is 5.75 Å². The van der Waals surface area contributed by atoms with E-state index >= 15 is 0 Å². The summed E-state index contributed by atoms with van der Waals surface area (Å²) in [5.74, 6) is 1.34. The Kier molecular flexibility index (Phi) is 2.72. The highest BCUT2D eigenvalue weighted by Crippen LogP contribution is 2.29. The highest BCUT2D eigenvalue weighted by atomic mass is 16.5. The molecule has 0 atom stereocenters. The number of anilines is 1. The van der Waals surface area contributed by atoms with E-state index in [1.54, 1.807) is 19.4 Å². The van der Waals surface area contributed by atoms with Crippen LogP contribution in [0.4, 0.5) is 5.69 Å². The van der Waals surface area contributed by atoms with Crippen molar-refractivity contribution in [3.63, 3.8) is 0 Å². The Bertz CT molecular complexity index is 511. The van der Waals surface area contributed by atoms with Crippen LogP contribution in [0.3, 0.4) is 0 Å². The van der Waals surface area contributed by atoms with Crippen molar-refractivity contribution in [1.29, 1.82) is 0 Å². The summed E-state index contributed by atoms with van der Waals surface area (Å²) in [5, 5.41) is 0. The van der Waals surface area contributed by atoms with Crippen molar-refractivity contribution < 1.29 is 4.74 Å². The minimum Gasteiger partial charge on any atom is -0.496 e. The molecular weight excluding hydrogens is 202 g/mol. The Hall–Kier alpha value is -2.10. The predicted molar refractivity (Wildman–Crippen MR) is 63.2 cm³/mol. The van der Waals surface area contributed by atoms with Crippen molar-refractivity contribution in [2.24, 2.45) is 0 Å². The van der Waals surface area contributed by atoms with E-state index in [-0.39, 0.29) is 0 Å². The number of nitrogens with two attached hydrogens (primary N) is 1. The molecule has 4 heteroatoms. The maximum Gasteiger partial charge on any atom is 0.163 e. The van der Waals surface area contributed by atoms with Crippen molar-refractivity contribution in [1.82, 2.24) is 9.97 Å². The van der Waals surface area contributed by atoms with Crippen molar-refractivity contribution >= 4 is 5.69 Å². The van der Waals surface area contributed by atoms with Crippen LogP contribution in [0.2, 0.25) is 0 Å². The third-order valence-electron chi connectivity index (χ3n) is 2.26. The SMILES string of the molecule is COc1cc(N)ccc1-c1nccc(C)n1. The van der Waals surface area contributed by atoms with Gasteiger partial charge in [-0.2, -0.15) is 0 Å². The summed E-state index contributed by atoms with van der Waals surface area (Å²) in [6.45, 7) is 1.93. The van der Waals surface area contributed by atoms with Crippen LogP contribution in [0.15, 0.2) is 30.5 Å². The minimum absolute atomic E-state index is 0.650. The number of aromatic nitrogens is 2. The summed E-state index contributed by atoms with van der Waals surface area (Å²) >= 11 is 0. The highest BCUT2D eigenvalue weighted by molar-refractivity contribution is 5.67. The molecule has 82 valence electrons. The van der Waals surface area contributed by atoms with E-state index in [0.717, 1.165) is 11.3 Å². The van der Waals surface area contributed by atoms with Gasteiger partial charge < -0.3 is 10.5 Å². The molecule has 2 aromatic rings. The number of methoxy groups -OCH3 is 1. The first kappa shape index (κ1) is 10.4. The Balaban J connectivity index is 2.55. The first-order valence-corrected chi connectivity index (χ1v) is 4.94. The second kappa shape index (κ2) is 4.18. The molecule has 1 aromatic carbocycles. The minimum atomic E-state index is 0.650. The molecule has 0 radical (unpaired) electrons. The average Bonchev–Trinajstić information content (AvgIpc) is 2.28. The Morgan fingerprint density at radius 1 is 1.25 bits per heavy atom. The lowest BCUT2D eigenvalue weighted by Gasteiger charge is -2.08. The predicted octanol–water partition coefficient (Wildman–Crippen LogP) is 2.04. The fourth-order valence-corrected chi connectivity index (χ4v) is 1.47. The third kappa shape index (κ3) is 1.95. The molecule has 1 aromatic heterocycles. The van der Waals surface area contributed by atoms with E-state index in [1.807, 2.05) is 25.1 Å². The lowest BCUT2D eigenvalue weighted by Crippen LogP contribution is -1.95. The van der Waals surface area contributed by atoms with Gasteiger partial charge in [-0.3, -0.25) is 0 Å². The number of nitrogen functional groups attached to an aromatic ring is 1. The molecule has 0 unspecified atom stereocenters. The van der Waals surface area contributed by atoms with Gasteiger partial charge in [0.25, 0.3) is 0 Å². The number of ether oxygens (including phenoxy) is 1. The topological polar surface area (TPSA) is 61.0 Å². The molecule has 0 spiro atoms. The summed E-state index contributed by atoms with van der Waals surface area (Å²) < 4.78 is 5.26. The third-order valence-corrected chi connectivity index (χ3v) is 2.26. The number of hydrogen-bond acceptors (Lipinski definition) is 4. The fraction of sp³-hybridized carbons (Fsp3) is 0.167. The molecule has 2 rings (SSSR count). The van der Waals surface area contributed by atoms with Crippen LogP contribution in [0, 0.1) is 6.92 Å². The maximum atomic E-state index is 5.69. The van der Waals surface area contributed by atoms with Gasteiger partial charge in [-0.25, -0.2) is 9.97 Å². The van der Waals surface area contributed by atoms with Gasteiger partial charge in [-0.05, 0) is 25.1 Å². The smallest absolute Gasteiger partial charge is 0.163 e. The van der Waals surface area contributed by atoms with Gasteiger partial charge >= 0.3 is 0 Å². The highest BCUT2D eigenvalue weighted by Gasteiger charge is 2.08. The van der Waals surface area contributed by atoms with Gasteiger partial charge in [0.15, 0.2) is 5.82 Å². The maximum absolute atomic E-state index is 5.69. The average molecular weight is 215 g/mol. The molecule has 2 N–H and O–H groups in total. The second-order valence-electron chi connectivity index (χ2n) is 3.48. The van der Waals surface area contributed by atoms with Crippen molar-refractivity contribution in [3.05, 3.63) is 36.2 Å². The van der Waals surface area contributed by atoms with Crippen LogP contribution in [0.5, 0.6) is 5.75 Å². The van der Waals surface area contributed by atoms with Gasteiger partial charge in [-0.15, -0.1) is 0 Å². The van der Waals surface area contributed by atoms with Gasteiger partial charge in [0.05, 0.1) is 12.7 Å². The normalized spacial score (nSPS) is 10.1. The molecule has 0 aliphatic carbocycles. The van der Waals surface area contributed by atoms with Crippen molar-refractivity contribution in [2.75, 3.05) is 12.8 Å². The summed E-state index contributed by atoms with van der Waals surface area (Å²) in [6, 6.07) is 7.29. The first-order chi connectivity index (χ1) is 7.70. The van der Waals surface area contributed by atoms with Gasteiger partial charge in [0.2, 0.25) is 0 Å². The standard InChI is InChI=1S/C12H13N3O/c1-8-5-6-14-12(15-8)10-4-3-9(13)7-11(10)16-2/h3-7H,13H2,1-2H3. The number of aryl methyl sites for hydroxylation is 1. The van der Waals surface area contributed by atoms with Crippen LogP contribution in [-0.4, -0.2) is 17.1 Å². The number of nitrogens with zero attached hydrogens (tertiary/aromatic N) is 2. The number of rotatable bonds is 2. The fourth-order valence-electron chi connectivity index (χ4n) is 1.47. The molecule has 0 aliphatic rings. The summed E-state index contributed by atoms with van der Waals surface area (Å²) in [5.41, 5.74) is 8.12. The molecule has 0 saturated carbocycles. The van der Waals surface area contributed by atoms with Crippen LogP contribution >= 0.6 is 0 Å². The zero-order chi connectivity index (χ0) is 11.5. The quantitative estimate of drug-likeness (QED) is 0.779. The molecular formula is C12H13N3O. The van der Waals surface area contributed by atoms with Gasteiger partial charge in [0, 0.05) is 23.6 Å². The zero-order valence-corrected chi connectivity index (χ0v) is 9.27. The lowest BCUT2D eigenvalue weighted by molar-refractivity contribution is 0.416. The Labute approximate surface area is 94.1 Å². The molecule has 0 amide bonds. The monoisotopic (exact) mass is 215 g/mol. The zero-order valence-electron chi connectivity index (χ0n) is 9.27. The molecule has 16 heavy (non-hydrogen) atoms. The number of hydrogen-bond donors (Lipinski definition) is 1. The van der Waals surface area contributed by atoms with E-state index in [0.29, 0.717) is 17.3 Å². The first-order valence-electron chi connectivity index (χ1n) is 4.94. The Morgan fingerprint density at radius 2 is 2.06 bits per heavy atom. The largest absolute Gasteiger partial charge is 0.496 e. The van der Waals surface area contributed by atoms with E-state index in [2.05, 4.69) is 9.97 Å². The summed E-state index contributed by atoms with van der Waals surface area (Å²) in [4.78, 5) is 8.57. The molecule has 4 nitrogen and oxygen atoms in total. The molecule has 1 heterocycles. The van der Waals surface area contributed by atoms with Crippen LogP contribution in [0.25, 0.3) is 11.4 Å². The Morgan fingerprint density at radius 3 is 2.75 bits per heavy atom.